The molecule has 0 saturated carbocycles. The standard InChI is InChI=1S/C34H32N2O4/c1-23-21-27(13-17-29(23)35-33(37)19-15-25-9-5-7-11-31(25)39-3)28-14-18-30(24(2)22-28)36-34(38)20-16-26-10-6-8-12-32(26)40-4/h5-22H,1-4H3,(H,35,37)(H,36,38). The Kier molecular flexibility index (Phi) is 9.15. The van der Waals surface area contributed by atoms with Gasteiger partial charge in [0.1, 0.15) is 11.5 Å². The fourth-order valence-electron chi connectivity index (χ4n) is 4.25. The van der Waals surface area contributed by atoms with Gasteiger partial charge in [-0.15, -0.1) is 0 Å². The Morgan fingerprint density at radius 1 is 0.600 bits per heavy atom. The van der Waals surface area contributed by atoms with Crippen LogP contribution in [0, 0.1) is 13.8 Å². The molecule has 6 heteroatoms. The predicted octanol–water partition coefficient (Wildman–Crippen LogP) is 7.29. The lowest BCUT2D eigenvalue weighted by Gasteiger charge is -2.12. The van der Waals surface area contributed by atoms with Crippen molar-refractivity contribution in [3.05, 3.63) is 119 Å². The molecule has 4 aromatic rings. The molecule has 4 aromatic carbocycles. The van der Waals surface area contributed by atoms with Gasteiger partial charge in [-0.1, -0.05) is 48.5 Å². The van der Waals surface area contributed by atoms with Crippen molar-refractivity contribution in [3.63, 3.8) is 0 Å². The smallest absolute Gasteiger partial charge is 0.248 e. The zero-order valence-electron chi connectivity index (χ0n) is 23.0. The second-order valence-corrected chi connectivity index (χ2v) is 9.19. The van der Waals surface area contributed by atoms with Crippen LogP contribution >= 0.6 is 0 Å². The number of anilines is 2. The lowest BCUT2D eigenvalue weighted by molar-refractivity contribution is -0.112. The molecule has 0 radical (unpaired) electrons. The van der Waals surface area contributed by atoms with E-state index in [1.807, 2.05) is 98.8 Å². The molecular weight excluding hydrogens is 500 g/mol. The average molecular weight is 533 g/mol. The summed E-state index contributed by atoms with van der Waals surface area (Å²) in [7, 11) is 3.20. The number of benzene rings is 4. The molecule has 0 bridgehead atoms. The van der Waals surface area contributed by atoms with Gasteiger partial charge in [-0.3, -0.25) is 9.59 Å². The topological polar surface area (TPSA) is 76.7 Å². The Morgan fingerprint density at radius 2 is 1.00 bits per heavy atom. The molecule has 4 rings (SSSR count). The molecule has 0 aromatic heterocycles. The minimum absolute atomic E-state index is 0.225. The van der Waals surface area contributed by atoms with Crippen molar-refractivity contribution in [1.29, 1.82) is 0 Å². The number of hydrogen-bond donors (Lipinski definition) is 2. The van der Waals surface area contributed by atoms with Gasteiger partial charge in [0.25, 0.3) is 0 Å². The minimum Gasteiger partial charge on any atom is -0.496 e. The van der Waals surface area contributed by atoms with Crippen molar-refractivity contribution in [1.82, 2.24) is 0 Å². The molecule has 0 aliphatic rings. The maximum absolute atomic E-state index is 12.5. The molecule has 0 unspecified atom stereocenters. The first kappa shape index (κ1) is 27.9. The molecule has 40 heavy (non-hydrogen) atoms. The van der Waals surface area contributed by atoms with Gasteiger partial charge >= 0.3 is 0 Å². The monoisotopic (exact) mass is 532 g/mol. The van der Waals surface area contributed by atoms with Gasteiger partial charge < -0.3 is 20.1 Å². The van der Waals surface area contributed by atoms with Crippen molar-refractivity contribution >= 4 is 35.3 Å². The number of ether oxygens (including phenoxy) is 2. The van der Waals surface area contributed by atoms with Crippen LogP contribution in [0.25, 0.3) is 23.3 Å². The van der Waals surface area contributed by atoms with Crippen LogP contribution in [0.2, 0.25) is 0 Å². The second-order valence-electron chi connectivity index (χ2n) is 9.19. The fraction of sp³-hybridized carbons (Fsp3) is 0.118. The van der Waals surface area contributed by atoms with Crippen LogP contribution < -0.4 is 20.1 Å². The number of para-hydroxylation sites is 2. The van der Waals surface area contributed by atoms with E-state index in [2.05, 4.69) is 10.6 Å². The van der Waals surface area contributed by atoms with Crippen molar-refractivity contribution in [2.75, 3.05) is 24.9 Å². The minimum atomic E-state index is -0.225. The molecule has 2 N–H and O–H groups in total. The number of hydrogen-bond acceptors (Lipinski definition) is 4. The summed E-state index contributed by atoms with van der Waals surface area (Å²) >= 11 is 0. The first-order valence-electron chi connectivity index (χ1n) is 12.8. The lowest BCUT2D eigenvalue weighted by Crippen LogP contribution is -2.09. The van der Waals surface area contributed by atoms with Gasteiger partial charge in [0.2, 0.25) is 11.8 Å². The number of methoxy groups -OCH3 is 2. The largest absolute Gasteiger partial charge is 0.496 e. The van der Waals surface area contributed by atoms with Gasteiger partial charge in [-0.2, -0.15) is 0 Å². The van der Waals surface area contributed by atoms with Crippen LogP contribution in [0.3, 0.4) is 0 Å². The molecule has 6 nitrogen and oxygen atoms in total. The Labute approximate surface area is 235 Å². The molecule has 0 atom stereocenters. The quantitative estimate of drug-likeness (QED) is 0.222. The number of amides is 2. The van der Waals surface area contributed by atoms with Crippen molar-refractivity contribution in [2.45, 2.75) is 13.8 Å². The molecular formula is C34H32N2O4. The molecule has 0 fully saturated rings. The Bertz CT molecular complexity index is 1470. The maximum Gasteiger partial charge on any atom is 0.248 e. The zero-order chi connectivity index (χ0) is 28.5. The highest BCUT2D eigenvalue weighted by Crippen LogP contribution is 2.28. The Hall–Kier alpha value is -5.10. The van der Waals surface area contributed by atoms with Crippen LogP contribution in [-0.4, -0.2) is 26.0 Å². The maximum atomic E-state index is 12.5. The van der Waals surface area contributed by atoms with Gasteiger partial charge in [0, 0.05) is 34.7 Å². The van der Waals surface area contributed by atoms with E-state index in [9.17, 15) is 9.59 Å². The second kappa shape index (κ2) is 13.1. The Balaban J connectivity index is 1.41. The van der Waals surface area contributed by atoms with Gasteiger partial charge in [0.15, 0.2) is 0 Å². The van der Waals surface area contributed by atoms with Crippen molar-refractivity contribution in [3.8, 4) is 22.6 Å². The van der Waals surface area contributed by atoms with E-state index in [-0.39, 0.29) is 11.8 Å². The van der Waals surface area contributed by atoms with E-state index < -0.39 is 0 Å². The third kappa shape index (κ3) is 7.05. The van der Waals surface area contributed by atoms with Crippen LogP contribution in [0.5, 0.6) is 11.5 Å². The summed E-state index contributed by atoms with van der Waals surface area (Å²) in [5, 5.41) is 5.88. The van der Waals surface area contributed by atoms with Crippen molar-refractivity contribution < 1.29 is 19.1 Å². The molecule has 0 spiro atoms. The van der Waals surface area contributed by atoms with E-state index in [1.54, 1.807) is 26.4 Å². The first-order chi connectivity index (χ1) is 19.4. The molecule has 0 aliphatic heterocycles. The molecule has 0 aliphatic carbocycles. The summed E-state index contributed by atoms with van der Waals surface area (Å²) in [6.07, 6.45) is 6.45. The van der Waals surface area contributed by atoms with Crippen molar-refractivity contribution in [2.24, 2.45) is 0 Å². The number of carbonyl (C=O) groups is 2. The third-order valence-electron chi connectivity index (χ3n) is 6.41. The first-order valence-corrected chi connectivity index (χ1v) is 12.8. The van der Waals surface area contributed by atoms with E-state index in [0.717, 1.165) is 44.8 Å². The highest BCUT2D eigenvalue weighted by atomic mass is 16.5. The lowest BCUT2D eigenvalue weighted by atomic mass is 10.00. The third-order valence-corrected chi connectivity index (χ3v) is 6.41. The predicted molar refractivity (Wildman–Crippen MR) is 163 cm³/mol. The molecule has 0 heterocycles. The van der Waals surface area contributed by atoms with Gasteiger partial charge in [-0.05, 0) is 84.7 Å². The summed E-state index contributed by atoms with van der Waals surface area (Å²) in [5.74, 6) is 0.962. The highest BCUT2D eigenvalue weighted by molar-refractivity contribution is 6.03. The molecule has 202 valence electrons. The normalized spacial score (nSPS) is 11.0. The number of aryl methyl sites for hydroxylation is 2. The van der Waals surface area contributed by atoms with Crippen LogP contribution in [-0.2, 0) is 9.59 Å². The summed E-state index contributed by atoms with van der Waals surface area (Å²) < 4.78 is 10.7. The van der Waals surface area contributed by atoms with Crippen LogP contribution in [0.1, 0.15) is 22.3 Å². The average Bonchev–Trinajstić information content (AvgIpc) is 2.97. The fourth-order valence-corrected chi connectivity index (χ4v) is 4.25. The number of rotatable bonds is 9. The number of carbonyl (C=O) groups excluding carboxylic acids is 2. The van der Waals surface area contributed by atoms with E-state index in [1.165, 1.54) is 12.2 Å². The van der Waals surface area contributed by atoms with E-state index in [4.69, 9.17) is 9.47 Å². The van der Waals surface area contributed by atoms with E-state index in [0.29, 0.717) is 11.5 Å². The van der Waals surface area contributed by atoms with Gasteiger partial charge in [-0.25, -0.2) is 0 Å². The summed E-state index contributed by atoms with van der Waals surface area (Å²) in [4.78, 5) is 25.1. The zero-order valence-corrected chi connectivity index (χ0v) is 23.0. The molecule has 2 amide bonds. The Morgan fingerprint density at radius 3 is 1.38 bits per heavy atom. The molecule has 0 saturated heterocycles. The summed E-state index contributed by atoms with van der Waals surface area (Å²) in [5.41, 5.74) is 7.03. The van der Waals surface area contributed by atoms with E-state index >= 15 is 0 Å². The van der Waals surface area contributed by atoms with Crippen LogP contribution in [0.15, 0.2) is 97.1 Å². The summed E-state index contributed by atoms with van der Waals surface area (Å²) in [6, 6.07) is 26.8. The number of nitrogens with one attached hydrogen (secondary N) is 2. The summed E-state index contributed by atoms with van der Waals surface area (Å²) in [6.45, 7) is 3.91. The SMILES string of the molecule is COc1ccccc1C=CC(=O)Nc1ccc(-c2ccc(NC(=O)C=Cc3ccccc3OC)c(C)c2)cc1C. The van der Waals surface area contributed by atoms with Gasteiger partial charge in [0.05, 0.1) is 14.2 Å². The van der Waals surface area contributed by atoms with Crippen LogP contribution in [0.4, 0.5) is 11.4 Å². The highest BCUT2D eigenvalue weighted by Gasteiger charge is 2.08.